The quantitative estimate of drug-likeness (QED) is 0.670. The van der Waals surface area contributed by atoms with Crippen molar-refractivity contribution in [3.05, 3.63) is 17.5 Å². The van der Waals surface area contributed by atoms with Crippen LogP contribution >= 0.6 is 0 Å². The molecule has 0 aromatic carbocycles. The summed E-state index contributed by atoms with van der Waals surface area (Å²) in [6.45, 7) is 9.55. The maximum absolute atomic E-state index is 12.3. The summed E-state index contributed by atoms with van der Waals surface area (Å²) in [5, 5.41) is 3.44. The van der Waals surface area contributed by atoms with Gasteiger partial charge in [-0.1, -0.05) is 34.6 Å². The molecule has 0 saturated heterocycles. The van der Waals surface area contributed by atoms with Crippen molar-refractivity contribution < 1.29 is 13.2 Å². The second kappa shape index (κ2) is 4.89. The van der Waals surface area contributed by atoms with Gasteiger partial charge in [0.15, 0.2) is 5.69 Å². The van der Waals surface area contributed by atoms with Gasteiger partial charge in [0.2, 0.25) is 0 Å². The number of hydrogen-bond donors (Lipinski definition) is 0. The smallest absolute Gasteiger partial charge is 0.272 e. The lowest BCUT2D eigenvalue weighted by Crippen LogP contribution is -2.16. The normalized spacial score (nSPS) is 12.1. The Morgan fingerprint density at radius 3 is 1.75 bits per heavy atom. The van der Waals surface area contributed by atoms with Gasteiger partial charge in [0.05, 0.1) is 0 Å². The standard InChI is InChI=1S/C9H13F3N2.C2H6/c1-8(2,3)7-5-6(9(10,11)12)13-14(7)4;1-2/h5H,1-4H3;1-2H3. The third kappa shape index (κ3) is 3.54. The van der Waals surface area contributed by atoms with Crippen LogP contribution in [-0.2, 0) is 18.6 Å². The molecule has 0 bridgehead atoms. The Morgan fingerprint density at radius 2 is 1.56 bits per heavy atom. The summed E-state index contributed by atoms with van der Waals surface area (Å²) in [7, 11) is 1.52. The average Bonchev–Trinajstić information content (AvgIpc) is 2.49. The molecule has 0 radical (unpaired) electrons. The summed E-state index contributed by atoms with van der Waals surface area (Å²) in [6.07, 6.45) is -4.36. The summed E-state index contributed by atoms with van der Waals surface area (Å²) >= 11 is 0. The zero-order valence-corrected chi connectivity index (χ0v) is 10.6. The Kier molecular flexibility index (Phi) is 4.58. The summed E-state index contributed by atoms with van der Waals surface area (Å²) in [4.78, 5) is 0. The van der Waals surface area contributed by atoms with E-state index in [1.807, 2.05) is 34.6 Å². The highest BCUT2D eigenvalue weighted by Crippen LogP contribution is 2.31. The number of hydrogen-bond acceptors (Lipinski definition) is 1. The van der Waals surface area contributed by atoms with Gasteiger partial charge in [0.25, 0.3) is 0 Å². The molecule has 1 heterocycles. The van der Waals surface area contributed by atoms with E-state index in [-0.39, 0.29) is 5.41 Å². The van der Waals surface area contributed by atoms with E-state index in [0.717, 1.165) is 6.07 Å². The van der Waals surface area contributed by atoms with Gasteiger partial charge in [-0.25, -0.2) is 0 Å². The Morgan fingerprint density at radius 1 is 1.12 bits per heavy atom. The molecule has 1 rings (SSSR count). The Balaban J connectivity index is 0.00000106. The van der Waals surface area contributed by atoms with Crippen LogP contribution in [0.15, 0.2) is 6.07 Å². The van der Waals surface area contributed by atoms with Crippen molar-refractivity contribution in [2.45, 2.75) is 46.2 Å². The molecule has 0 amide bonds. The lowest BCUT2D eigenvalue weighted by atomic mass is 9.92. The molecule has 0 saturated carbocycles. The zero-order valence-electron chi connectivity index (χ0n) is 10.6. The monoisotopic (exact) mass is 236 g/mol. The summed E-state index contributed by atoms with van der Waals surface area (Å²) < 4.78 is 38.2. The van der Waals surface area contributed by atoms with Gasteiger partial charge in [-0.05, 0) is 6.07 Å². The lowest BCUT2D eigenvalue weighted by Gasteiger charge is -2.17. The van der Waals surface area contributed by atoms with Gasteiger partial charge in [-0.2, -0.15) is 18.3 Å². The van der Waals surface area contributed by atoms with Crippen LogP contribution in [0.3, 0.4) is 0 Å². The van der Waals surface area contributed by atoms with Gasteiger partial charge in [-0.15, -0.1) is 0 Å². The van der Waals surface area contributed by atoms with Crippen molar-refractivity contribution in [2.75, 3.05) is 0 Å². The maximum Gasteiger partial charge on any atom is 0.435 e. The number of aromatic nitrogens is 2. The number of nitrogens with zero attached hydrogens (tertiary/aromatic N) is 2. The largest absolute Gasteiger partial charge is 0.435 e. The molecular weight excluding hydrogens is 217 g/mol. The zero-order chi connectivity index (χ0) is 13.1. The highest BCUT2D eigenvalue weighted by molar-refractivity contribution is 5.19. The first kappa shape index (κ1) is 15.0. The number of aryl methyl sites for hydroxylation is 1. The molecule has 1 aromatic rings. The van der Waals surface area contributed by atoms with E-state index in [2.05, 4.69) is 5.10 Å². The third-order valence-corrected chi connectivity index (χ3v) is 1.94. The minimum atomic E-state index is -4.36. The van der Waals surface area contributed by atoms with E-state index in [0.29, 0.717) is 5.69 Å². The van der Waals surface area contributed by atoms with E-state index >= 15 is 0 Å². The molecule has 0 aliphatic rings. The van der Waals surface area contributed by atoms with Crippen molar-refractivity contribution in [1.82, 2.24) is 9.78 Å². The van der Waals surface area contributed by atoms with E-state index in [4.69, 9.17) is 0 Å². The second-order valence-electron chi connectivity index (χ2n) is 4.29. The first-order chi connectivity index (χ1) is 7.12. The summed E-state index contributed by atoms with van der Waals surface area (Å²) in [5.41, 5.74) is -0.583. The van der Waals surface area contributed by atoms with Crippen LogP contribution in [-0.4, -0.2) is 9.78 Å². The fourth-order valence-electron chi connectivity index (χ4n) is 1.31. The molecule has 0 atom stereocenters. The molecule has 0 aliphatic carbocycles. The summed E-state index contributed by atoms with van der Waals surface area (Å²) in [6, 6.07) is 1.10. The van der Waals surface area contributed by atoms with Crippen molar-refractivity contribution in [2.24, 2.45) is 7.05 Å². The molecule has 1 aromatic heterocycles. The summed E-state index contributed by atoms with van der Waals surface area (Å²) in [5.74, 6) is 0. The van der Waals surface area contributed by atoms with Gasteiger partial charge in [0.1, 0.15) is 0 Å². The lowest BCUT2D eigenvalue weighted by molar-refractivity contribution is -0.141. The molecule has 0 unspecified atom stereocenters. The van der Waals surface area contributed by atoms with E-state index < -0.39 is 11.9 Å². The van der Waals surface area contributed by atoms with E-state index in [1.165, 1.54) is 11.7 Å². The van der Waals surface area contributed by atoms with Crippen molar-refractivity contribution in [3.8, 4) is 0 Å². The average molecular weight is 236 g/mol. The van der Waals surface area contributed by atoms with Gasteiger partial charge in [-0.3, -0.25) is 4.68 Å². The topological polar surface area (TPSA) is 17.8 Å². The van der Waals surface area contributed by atoms with E-state index in [9.17, 15) is 13.2 Å². The molecule has 94 valence electrons. The fourth-order valence-corrected chi connectivity index (χ4v) is 1.31. The number of halogens is 3. The first-order valence-electron chi connectivity index (χ1n) is 5.24. The van der Waals surface area contributed by atoms with Crippen LogP contribution in [0, 0.1) is 0 Å². The molecule has 0 N–H and O–H groups in total. The Hall–Kier alpha value is -1.00. The maximum atomic E-state index is 12.3. The van der Waals surface area contributed by atoms with Crippen molar-refractivity contribution in [1.29, 1.82) is 0 Å². The fraction of sp³-hybridized carbons (Fsp3) is 0.727. The minimum absolute atomic E-state index is 0.328. The van der Waals surface area contributed by atoms with Gasteiger partial charge >= 0.3 is 6.18 Å². The highest BCUT2D eigenvalue weighted by Gasteiger charge is 2.35. The highest BCUT2D eigenvalue weighted by atomic mass is 19.4. The van der Waals surface area contributed by atoms with E-state index in [1.54, 1.807) is 0 Å². The van der Waals surface area contributed by atoms with Crippen molar-refractivity contribution in [3.63, 3.8) is 0 Å². The predicted octanol–water partition coefficient (Wildman–Crippen LogP) is 3.76. The SMILES string of the molecule is CC.Cn1nc(C(F)(F)F)cc1C(C)(C)C. The molecule has 2 nitrogen and oxygen atoms in total. The Labute approximate surface area is 94.5 Å². The van der Waals surface area contributed by atoms with Crippen LogP contribution in [0.4, 0.5) is 13.2 Å². The van der Waals surface area contributed by atoms with Crippen LogP contribution in [0.1, 0.15) is 46.0 Å². The second-order valence-corrected chi connectivity index (χ2v) is 4.29. The van der Waals surface area contributed by atoms with Crippen molar-refractivity contribution >= 4 is 0 Å². The van der Waals surface area contributed by atoms with Crippen LogP contribution in [0.2, 0.25) is 0 Å². The molecule has 0 aliphatic heterocycles. The molecule has 16 heavy (non-hydrogen) atoms. The van der Waals surface area contributed by atoms with Gasteiger partial charge < -0.3 is 0 Å². The number of alkyl halides is 3. The van der Waals surface area contributed by atoms with Crippen LogP contribution < -0.4 is 0 Å². The minimum Gasteiger partial charge on any atom is -0.272 e. The van der Waals surface area contributed by atoms with Crippen LogP contribution in [0.25, 0.3) is 0 Å². The number of rotatable bonds is 0. The van der Waals surface area contributed by atoms with Crippen LogP contribution in [0.5, 0.6) is 0 Å². The molecule has 5 heteroatoms. The first-order valence-corrected chi connectivity index (χ1v) is 5.24. The molecular formula is C11H19F3N2. The Bertz CT molecular complexity index is 332. The molecule has 0 spiro atoms. The predicted molar refractivity (Wildman–Crippen MR) is 58.3 cm³/mol. The van der Waals surface area contributed by atoms with Gasteiger partial charge in [0, 0.05) is 18.2 Å². The third-order valence-electron chi connectivity index (χ3n) is 1.94. The molecule has 0 fully saturated rings.